The Morgan fingerprint density at radius 3 is 2.75 bits per heavy atom. The van der Waals surface area contributed by atoms with Crippen molar-refractivity contribution in [3.05, 3.63) is 35.8 Å². The van der Waals surface area contributed by atoms with Gasteiger partial charge in [-0.05, 0) is 37.2 Å². The number of fused-ring (bicyclic) bond motifs is 2. The molecular weight excluding hydrogens is 252 g/mol. The van der Waals surface area contributed by atoms with Crippen LogP contribution >= 0.6 is 0 Å². The lowest BCUT2D eigenvalue weighted by molar-refractivity contribution is 0.415. The monoisotopic (exact) mass is 268 g/mol. The van der Waals surface area contributed by atoms with Crippen LogP contribution in [0.3, 0.4) is 0 Å². The fraction of sp³-hybridized carbons (Fsp3) is 0.267. The Labute approximate surface area is 116 Å². The van der Waals surface area contributed by atoms with Crippen LogP contribution in [0.25, 0.3) is 21.9 Å². The molecule has 5 heteroatoms. The third kappa shape index (κ3) is 2.16. The fourth-order valence-corrected chi connectivity index (χ4v) is 2.29. The summed E-state index contributed by atoms with van der Waals surface area (Å²) in [6.45, 7) is 2.56. The number of pyridine rings is 1. The van der Waals surface area contributed by atoms with E-state index in [1.807, 2.05) is 25.1 Å². The van der Waals surface area contributed by atoms with Crippen LogP contribution in [0.1, 0.15) is 11.4 Å². The van der Waals surface area contributed by atoms with Gasteiger partial charge < -0.3 is 10.5 Å². The zero-order valence-electron chi connectivity index (χ0n) is 11.6. The molecule has 0 unspecified atom stereocenters. The number of hydrogen-bond donors (Lipinski definition) is 1. The van der Waals surface area contributed by atoms with Gasteiger partial charge in [0.05, 0.1) is 12.6 Å². The summed E-state index contributed by atoms with van der Waals surface area (Å²) in [6.07, 6.45) is 2.46. The summed E-state index contributed by atoms with van der Waals surface area (Å²) in [5, 5.41) is 1.95. The van der Waals surface area contributed by atoms with E-state index in [0.717, 1.165) is 33.4 Å². The number of nitrogens with zero attached hydrogens (tertiary/aromatic N) is 3. The Balaban J connectivity index is 2.25. The van der Waals surface area contributed by atoms with Crippen LogP contribution in [-0.2, 0) is 6.42 Å². The second-order valence-corrected chi connectivity index (χ2v) is 4.74. The molecule has 0 fully saturated rings. The van der Waals surface area contributed by atoms with Gasteiger partial charge in [-0.1, -0.05) is 0 Å². The average molecular weight is 268 g/mol. The van der Waals surface area contributed by atoms with Crippen molar-refractivity contribution in [3.63, 3.8) is 0 Å². The van der Waals surface area contributed by atoms with Crippen molar-refractivity contribution in [1.82, 2.24) is 15.0 Å². The second kappa shape index (κ2) is 5.02. The highest BCUT2D eigenvalue weighted by molar-refractivity contribution is 5.93. The molecule has 0 saturated heterocycles. The second-order valence-electron chi connectivity index (χ2n) is 4.74. The van der Waals surface area contributed by atoms with Crippen LogP contribution in [0.5, 0.6) is 5.75 Å². The zero-order chi connectivity index (χ0) is 14.1. The molecule has 0 saturated carbocycles. The van der Waals surface area contributed by atoms with Crippen molar-refractivity contribution in [2.24, 2.45) is 5.73 Å². The smallest absolute Gasteiger partial charge is 0.163 e. The molecule has 20 heavy (non-hydrogen) atoms. The van der Waals surface area contributed by atoms with Gasteiger partial charge in [-0.3, -0.25) is 0 Å². The summed E-state index contributed by atoms with van der Waals surface area (Å²) in [7, 11) is 1.66. The Bertz CT molecular complexity index is 786. The van der Waals surface area contributed by atoms with E-state index in [0.29, 0.717) is 18.6 Å². The highest BCUT2D eigenvalue weighted by Gasteiger charge is 2.07. The first-order valence-corrected chi connectivity index (χ1v) is 6.52. The third-order valence-corrected chi connectivity index (χ3v) is 3.28. The molecular formula is C15H16N4O. The van der Waals surface area contributed by atoms with E-state index in [1.54, 1.807) is 13.3 Å². The minimum absolute atomic E-state index is 0.537. The molecule has 0 bridgehead atoms. The van der Waals surface area contributed by atoms with Gasteiger partial charge in [-0.15, -0.1) is 0 Å². The fourth-order valence-electron chi connectivity index (χ4n) is 2.29. The zero-order valence-corrected chi connectivity index (χ0v) is 11.6. The predicted octanol–water partition coefficient (Wildman–Crippen LogP) is 2.00. The van der Waals surface area contributed by atoms with Gasteiger partial charge in [0.1, 0.15) is 11.6 Å². The minimum Gasteiger partial charge on any atom is -0.497 e. The molecule has 2 aromatic heterocycles. The van der Waals surface area contributed by atoms with Crippen LogP contribution < -0.4 is 10.5 Å². The van der Waals surface area contributed by atoms with E-state index in [1.165, 1.54) is 0 Å². The van der Waals surface area contributed by atoms with Crippen molar-refractivity contribution in [1.29, 1.82) is 0 Å². The maximum atomic E-state index is 5.54. The van der Waals surface area contributed by atoms with Gasteiger partial charge in [0.2, 0.25) is 0 Å². The van der Waals surface area contributed by atoms with Crippen molar-refractivity contribution in [2.45, 2.75) is 13.3 Å². The largest absolute Gasteiger partial charge is 0.497 e. The number of aromatic nitrogens is 3. The Morgan fingerprint density at radius 2 is 2.00 bits per heavy atom. The molecule has 0 atom stereocenters. The molecule has 0 amide bonds. The number of methoxy groups -OCH3 is 1. The number of benzene rings is 1. The van der Waals surface area contributed by atoms with E-state index >= 15 is 0 Å². The van der Waals surface area contributed by atoms with Gasteiger partial charge in [0.25, 0.3) is 0 Å². The number of nitrogens with two attached hydrogens (primary N) is 1. The summed E-state index contributed by atoms with van der Waals surface area (Å²) in [4.78, 5) is 13.4. The molecule has 2 N–H and O–H groups in total. The van der Waals surface area contributed by atoms with Crippen molar-refractivity contribution in [3.8, 4) is 5.75 Å². The summed E-state index contributed by atoms with van der Waals surface area (Å²) in [6, 6.07) is 5.99. The van der Waals surface area contributed by atoms with Crippen molar-refractivity contribution >= 4 is 21.9 Å². The van der Waals surface area contributed by atoms with Crippen LogP contribution in [0.2, 0.25) is 0 Å². The first-order valence-electron chi connectivity index (χ1n) is 6.52. The lowest BCUT2D eigenvalue weighted by Crippen LogP contribution is -2.06. The topological polar surface area (TPSA) is 73.9 Å². The number of rotatable bonds is 3. The van der Waals surface area contributed by atoms with Gasteiger partial charge in [0.15, 0.2) is 5.65 Å². The van der Waals surface area contributed by atoms with Crippen LogP contribution in [-0.4, -0.2) is 28.6 Å². The number of ether oxygens (including phenoxy) is 1. The highest BCUT2D eigenvalue weighted by atomic mass is 16.5. The predicted molar refractivity (Wildman–Crippen MR) is 78.9 cm³/mol. The number of hydrogen-bond acceptors (Lipinski definition) is 5. The molecule has 2 heterocycles. The van der Waals surface area contributed by atoms with E-state index in [9.17, 15) is 0 Å². The molecule has 0 aliphatic carbocycles. The van der Waals surface area contributed by atoms with Crippen LogP contribution in [0, 0.1) is 6.92 Å². The normalized spacial score (nSPS) is 11.2. The number of aryl methyl sites for hydroxylation is 1. The molecule has 0 spiro atoms. The summed E-state index contributed by atoms with van der Waals surface area (Å²) in [5.41, 5.74) is 8.26. The molecule has 5 nitrogen and oxygen atoms in total. The van der Waals surface area contributed by atoms with E-state index in [-0.39, 0.29) is 0 Å². The third-order valence-electron chi connectivity index (χ3n) is 3.28. The average Bonchev–Trinajstić information content (AvgIpc) is 2.46. The van der Waals surface area contributed by atoms with Crippen LogP contribution in [0.4, 0.5) is 0 Å². The Hall–Kier alpha value is -2.27. The lowest BCUT2D eigenvalue weighted by Gasteiger charge is -2.07. The Kier molecular flexibility index (Phi) is 3.20. The standard InChI is InChI=1S/C15H16N4O/c1-9-5-12(20-2)7-10-6-11-8-17-13(3-4-16)18-15(11)19-14(9)10/h5-8H,3-4,16H2,1-2H3. The Morgan fingerprint density at radius 1 is 1.15 bits per heavy atom. The SMILES string of the molecule is COc1cc(C)c2nc3nc(CCN)ncc3cc2c1. The molecule has 3 aromatic rings. The maximum Gasteiger partial charge on any atom is 0.163 e. The quantitative estimate of drug-likeness (QED) is 0.735. The summed E-state index contributed by atoms with van der Waals surface area (Å²) < 4.78 is 5.29. The van der Waals surface area contributed by atoms with E-state index in [4.69, 9.17) is 10.5 Å². The molecule has 0 radical (unpaired) electrons. The summed E-state index contributed by atoms with van der Waals surface area (Å²) >= 11 is 0. The molecule has 102 valence electrons. The van der Waals surface area contributed by atoms with Gasteiger partial charge in [-0.25, -0.2) is 15.0 Å². The first kappa shape index (κ1) is 12.7. The summed E-state index contributed by atoms with van der Waals surface area (Å²) in [5.74, 6) is 1.56. The van der Waals surface area contributed by atoms with Gasteiger partial charge in [0, 0.05) is 23.4 Å². The van der Waals surface area contributed by atoms with Crippen molar-refractivity contribution < 1.29 is 4.74 Å². The molecule has 3 rings (SSSR count). The van der Waals surface area contributed by atoms with Gasteiger partial charge >= 0.3 is 0 Å². The van der Waals surface area contributed by atoms with Crippen LogP contribution in [0.15, 0.2) is 24.4 Å². The maximum absolute atomic E-state index is 5.54. The molecule has 0 aliphatic heterocycles. The van der Waals surface area contributed by atoms with E-state index < -0.39 is 0 Å². The first-order chi connectivity index (χ1) is 9.71. The molecule has 1 aromatic carbocycles. The van der Waals surface area contributed by atoms with Crippen molar-refractivity contribution in [2.75, 3.05) is 13.7 Å². The highest BCUT2D eigenvalue weighted by Crippen LogP contribution is 2.26. The lowest BCUT2D eigenvalue weighted by atomic mass is 10.1. The molecule has 0 aliphatic rings. The van der Waals surface area contributed by atoms with Gasteiger partial charge in [-0.2, -0.15) is 0 Å². The minimum atomic E-state index is 0.537. The van der Waals surface area contributed by atoms with E-state index in [2.05, 4.69) is 15.0 Å².